The van der Waals surface area contributed by atoms with E-state index < -0.39 is 5.97 Å². The number of benzene rings is 2. The third-order valence-electron chi connectivity index (χ3n) is 3.54. The highest BCUT2D eigenvalue weighted by atomic mass is 79.9. The Morgan fingerprint density at radius 1 is 1.25 bits per heavy atom. The number of nitrogens with zero attached hydrogens (tertiary/aromatic N) is 3. The average Bonchev–Trinajstić information content (AvgIpc) is 3.15. The maximum Gasteiger partial charge on any atom is 0.363 e. The lowest BCUT2D eigenvalue weighted by Gasteiger charge is -2.03. The molecule has 4 rings (SSSR count). The normalized spacial score (nSPS) is 11.1. The van der Waals surface area contributed by atoms with Crippen LogP contribution in [-0.4, -0.2) is 20.5 Å². The fourth-order valence-electron chi connectivity index (χ4n) is 2.35. The van der Waals surface area contributed by atoms with Crippen LogP contribution in [0.4, 0.5) is 6.01 Å². The van der Waals surface area contributed by atoms with Gasteiger partial charge in [0, 0.05) is 11.5 Å². The summed E-state index contributed by atoms with van der Waals surface area (Å²) in [6.07, 6.45) is 1.69. The maximum atomic E-state index is 12.1. The lowest BCUT2D eigenvalue weighted by atomic mass is 10.2. The van der Waals surface area contributed by atoms with Gasteiger partial charge >= 0.3 is 12.0 Å². The van der Waals surface area contributed by atoms with Crippen molar-refractivity contribution >= 4 is 50.0 Å². The van der Waals surface area contributed by atoms with Gasteiger partial charge in [-0.25, -0.2) is 9.78 Å². The van der Waals surface area contributed by atoms with Crippen LogP contribution < -0.4 is 5.48 Å². The van der Waals surface area contributed by atoms with Crippen LogP contribution in [0.3, 0.4) is 0 Å². The molecule has 2 aromatic heterocycles. The van der Waals surface area contributed by atoms with Crippen molar-refractivity contribution in [3.05, 3.63) is 52.8 Å². The van der Waals surface area contributed by atoms with Crippen molar-refractivity contribution in [3.63, 3.8) is 0 Å². The zero-order valence-corrected chi connectivity index (χ0v) is 14.1. The summed E-state index contributed by atoms with van der Waals surface area (Å²) in [4.78, 5) is 25.6. The molecule has 0 unspecified atom stereocenters. The van der Waals surface area contributed by atoms with Gasteiger partial charge in [0.25, 0.3) is 0 Å². The van der Waals surface area contributed by atoms with Crippen molar-refractivity contribution in [1.82, 2.24) is 14.5 Å². The zero-order chi connectivity index (χ0) is 16.7. The van der Waals surface area contributed by atoms with E-state index in [1.165, 1.54) is 0 Å². The second kappa shape index (κ2) is 5.64. The number of hydrogen-bond donors (Lipinski definition) is 1. The Labute approximate surface area is 144 Å². The summed E-state index contributed by atoms with van der Waals surface area (Å²) >= 11 is 3.35. The van der Waals surface area contributed by atoms with Gasteiger partial charge in [0.1, 0.15) is 5.52 Å². The number of rotatable bonds is 3. The van der Waals surface area contributed by atoms with E-state index in [1.54, 1.807) is 30.6 Å². The highest BCUT2D eigenvalue weighted by Gasteiger charge is 2.12. The van der Waals surface area contributed by atoms with E-state index in [4.69, 9.17) is 9.25 Å². The van der Waals surface area contributed by atoms with E-state index in [0.717, 1.165) is 15.5 Å². The number of nitrogens with one attached hydrogen (secondary N) is 1. The molecule has 0 saturated carbocycles. The van der Waals surface area contributed by atoms with Crippen LogP contribution in [0.15, 0.2) is 51.6 Å². The van der Waals surface area contributed by atoms with E-state index in [-0.39, 0.29) is 6.01 Å². The van der Waals surface area contributed by atoms with Crippen molar-refractivity contribution in [3.8, 4) is 0 Å². The van der Waals surface area contributed by atoms with E-state index in [0.29, 0.717) is 16.7 Å². The fraction of sp³-hybridized carbons (Fsp3) is 0.0625. The van der Waals surface area contributed by atoms with Crippen LogP contribution in [-0.2, 0) is 11.9 Å². The molecule has 2 aromatic carbocycles. The van der Waals surface area contributed by atoms with Gasteiger partial charge in [0.2, 0.25) is 0 Å². The molecule has 0 spiro atoms. The molecule has 120 valence electrons. The van der Waals surface area contributed by atoms with E-state index >= 15 is 0 Å². The number of fused-ring (bicyclic) bond motifs is 2. The molecule has 0 radical (unpaired) electrons. The summed E-state index contributed by atoms with van der Waals surface area (Å²) in [7, 11) is 1.89. The van der Waals surface area contributed by atoms with Crippen molar-refractivity contribution in [1.29, 1.82) is 0 Å². The molecule has 8 heteroatoms. The molecule has 0 aliphatic heterocycles. The number of aryl methyl sites for hydroxylation is 1. The summed E-state index contributed by atoms with van der Waals surface area (Å²) in [6.45, 7) is 0. The lowest BCUT2D eigenvalue weighted by Crippen LogP contribution is -2.10. The Morgan fingerprint density at radius 3 is 3.00 bits per heavy atom. The molecule has 0 fully saturated rings. The number of hydrogen-bond acceptors (Lipinski definition) is 6. The number of carbonyl (C=O) groups excluding carboxylic acids is 1. The third-order valence-corrected chi connectivity index (χ3v) is 4.04. The Kier molecular flexibility index (Phi) is 3.46. The highest BCUT2D eigenvalue weighted by Crippen LogP contribution is 2.23. The van der Waals surface area contributed by atoms with Crippen molar-refractivity contribution in [2.75, 3.05) is 5.48 Å². The van der Waals surface area contributed by atoms with Crippen LogP contribution in [0.1, 0.15) is 10.4 Å². The first-order chi connectivity index (χ1) is 11.6. The summed E-state index contributed by atoms with van der Waals surface area (Å²) in [5, 5.41) is 0. The number of aromatic nitrogens is 3. The van der Waals surface area contributed by atoms with Crippen molar-refractivity contribution < 1.29 is 14.0 Å². The highest BCUT2D eigenvalue weighted by molar-refractivity contribution is 9.10. The molecule has 0 saturated heterocycles. The van der Waals surface area contributed by atoms with Crippen LogP contribution in [0.25, 0.3) is 22.1 Å². The van der Waals surface area contributed by atoms with Gasteiger partial charge in [-0.3, -0.25) is 0 Å². The van der Waals surface area contributed by atoms with Crippen LogP contribution in [0.2, 0.25) is 0 Å². The summed E-state index contributed by atoms with van der Waals surface area (Å²) < 4.78 is 8.21. The zero-order valence-electron chi connectivity index (χ0n) is 12.5. The summed E-state index contributed by atoms with van der Waals surface area (Å²) in [6, 6.07) is 10.7. The smallest absolute Gasteiger partial charge is 0.363 e. The van der Waals surface area contributed by atoms with Gasteiger partial charge in [-0.05, 0) is 36.4 Å². The van der Waals surface area contributed by atoms with Crippen LogP contribution >= 0.6 is 15.9 Å². The Balaban J connectivity index is 1.51. The summed E-state index contributed by atoms with van der Waals surface area (Å²) in [5.41, 5.74) is 5.71. The molecular formula is C16H11BrN4O3. The van der Waals surface area contributed by atoms with Crippen LogP contribution in [0.5, 0.6) is 0 Å². The number of halogens is 1. The second-order valence-electron chi connectivity index (χ2n) is 5.18. The summed E-state index contributed by atoms with van der Waals surface area (Å²) in [5.74, 6) is -0.550. The number of anilines is 1. The minimum Gasteiger partial charge on any atom is -0.421 e. The first-order valence-electron chi connectivity index (χ1n) is 7.04. The molecule has 24 heavy (non-hydrogen) atoms. The average molecular weight is 387 g/mol. The minimum absolute atomic E-state index is 0.107. The second-order valence-corrected chi connectivity index (χ2v) is 6.10. The van der Waals surface area contributed by atoms with E-state index in [9.17, 15) is 4.79 Å². The predicted octanol–water partition coefficient (Wildman–Crippen LogP) is 3.66. The molecular weight excluding hydrogens is 376 g/mol. The monoisotopic (exact) mass is 386 g/mol. The standard InChI is InChI=1S/C16H11BrN4O3/c1-21-8-18-12-6-9(2-5-13(12)21)15(22)24-20-16-19-11-4-3-10(17)7-14(11)23-16/h2-8H,1H3,(H,19,20). The van der Waals surface area contributed by atoms with Gasteiger partial charge in [0.05, 0.1) is 22.9 Å². The topological polar surface area (TPSA) is 82.2 Å². The SMILES string of the molecule is Cn1cnc2cc(C(=O)ONc3nc4ccc(Br)cc4o3)ccc21. The molecule has 0 atom stereocenters. The quantitative estimate of drug-likeness (QED) is 0.541. The molecule has 0 bridgehead atoms. The molecule has 0 aliphatic rings. The van der Waals surface area contributed by atoms with Crippen LogP contribution in [0, 0.1) is 0 Å². The van der Waals surface area contributed by atoms with Gasteiger partial charge in [-0.2, -0.15) is 10.5 Å². The Bertz CT molecular complexity index is 1070. The Morgan fingerprint density at radius 2 is 2.12 bits per heavy atom. The van der Waals surface area contributed by atoms with Gasteiger partial charge in [-0.1, -0.05) is 15.9 Å². The predicted molar refractivity (Wildman–Crippen MR) is 91.5 cm³/mol. The van der Waals surface area contributed by atoms with E-state index in [2.05, 4.69) is 31.4 Å². The van der Waals surface area contributed by atoms with Crippen molar-refractivity contribution in [2.45, 2.75) is 0 Å². The molecule has 7 nitrogen and oxygen atoms in total. The van der Waals surface area contributed by atoms with E-state index in [1.807, 2.05) is 23.7 Å². The number of imidazole rings is 1. The molecule has 4 aromatic rings. The molecule has 0 amide bonds. The van der Waals surface area contributed by atoms with Gasteiger partial charge < -0.3 is 13.8 Å². The molecule has 0 aliphatic carbocycles. The largest absolute Gasteiger partial charge is 0.421 e. The fourth-order valence-corrected chi connectivity index (χ4v) is 2.69. The van der Waals surface area contributed by atoms with Gasteiger partial charge in [-0.15, -0.1) is 0 Å². The molecule has 1 N–H and O–H groups in total. The Hall–Kier alpha value is -2.87. The maximum absolute atomic E-state index is 12.1. The first kappa shape index (κ1) is 14.7. The third kappa shape index (κ3) is 2.61. The number of oxazole rings is 1. The number of carbonyl (C=O) groups is 1. The van der Waals surface area contributed by atoms with Crippen molar-refractivity contribution in [2.24, 2.45) is 7.05 Å². The lowest BCUT2D eigenvalue weighted by molar-refractivity contribution is 0.0586. The molecule has 2 heterocycles. The minimum atomic E-state index is -0.550. The van der Waals surface area contributed by atoms with Gasteiger partial charge in [0.15, 0.2) is 5.58 Å². The first-order valence-corrected chi connectivity index (χ1v) is 7.84.